The minimum atomic E-state index is -0.663. The summed E-state index contributed by atoms with van der Waals surface area (Å²) in [5.41, 5.74) is 0.717. The summed E-state index contributed by atoms with van der Waals surface area (Å²) in [7, 11) is 3.04. The van der Waals surface area contributed by atoms with Crippen LogP contribution < -0.4 is 14.8 Å². The summed E-state index contributed by atoms with van der Waals surface area (Å²) in [4.78, 5) is 26.6. The van der Waals surface area contributed by atoms with Crippen LogP contribution in [0.4, 0.5) is 4.39 Å². The second-order valence-electron chi connectivity index (χ2n) is 6.13. The molecule has 0 aliphatic carbocycles. The third kappa shape index (κ3) is 5.45. The quantitative estimate of drug-likeness (QED) is 0.717. The van der Waals surface area contributed by atoms with Gasteiger partial charge in [-0.1, -0.05) is 31.2 Å². The standard InChI is InChI=1S/C21H25FN2O4/c1-4-17(21(26)23-2)24(13-15-9-11-16(22)12-10-15)20(25)14-28-19-8-6-5-7-18(19)27-3/h5-12,17H,4,13-14H2,1-3H3,(H,23,26)/t17-/m1/s1. The van der Waals surface area contributed by atoms with Gasteiger partial charge in [0.05, 0.1) is 7.11 Å². The third-order valence-corrected chi connectivity index (χ3v) is 4.32. The number of carbonyl (C=O) groups is 2. The van der Waals surface area contributed by atoms with Crippen LogP contribution in [0.5, 0.6) is 11.5 Å². The predicted octanol–water partition coefficient (Wildman–Crippen LogP) is 2.77. The fourth-order valence-electron chi connectivity index (χ4n) is 2.83. The topological polar surface area (TPSA) is 67.9 Å². The van der Waals surface area contributed by atoms with E-state index in [4.69, 9.17) is 9.47 Å². The summed E-state index contributed by atoms with van der Waals surface area (Å²) >= 11 is 0. The molecule has 28 heavy (non-hydrogen) atoms. The van der Waals surface area contributed by atoms with Gasteiger partial charge in [-0.15, -0.1) is 0 Å². The highest BCUT2D eigenvalue weighted by Crippen LogP contribution is 2.26. The molecule has 2 amide bonds. The fourth-order valence-corrected chi connectivity index (χ4v) is 2.83. The molecule has 0 unspecified atom stereocenters. The highest BCUT2D eigenvalue weighted by atomic mass is 19.1. The second-order valence-corrected chi connectivity index (χ2v) is 6.13. The van der Waals surface area contributed by atoms with E-state index in [1.165, 1.54) is 31.2 Å². The predicted molar refractivity (Wildman–Crippen MR) is 104 cm³/mol. The first kappa shape index (κ1) is 21.2. The van der Waals surface area contributed by atoms with Gasteiger partial charge in [0.15, 0.2) is 18.1 Å². The minimum absolute atomic E-state index is 0.167. The Bertz CT molecular complexity index is 795. The Balaban J connectivity index is 2.19. The Morgan fingerprint density at radius 1 is 1.11 bits per heavy atom. The number of rotatable bonds is 9. The summed E-state index contributed by atoms with van der Waals surface area (Å²) in [5, 5.41) is 2.58. The number of hydrogen-bond donors (Lipinski definition) is 1. The van der Waals surface area contributed by atoms with Crippen molar-refractivity contribution in [2.75, 3.05) is 20.8 Å². The van der Waals surface area contributed by atoms with Crippen LogP contribution in [0.3, 0.4) is 0 Å². The number of halogens is 1. The maximum absolute atomic E-state index is 13.2. The molecule has 0 saturated heterocycles. The van der Waals surface area contributed by atoms with E-state index in [-0.39, 0.29) is 30.8 Å². The molecule has 2 rings (SSSR count). The molecule has 7 heteroatoms. The van der Waals surface area contributed by atoms with Crippen LogP contribution in [0, 0.1) is 5.82 Å². The van der Waals surface area contributed by atoms with Gasteiger partial charge >= 0.3 is 0 Å². The van der Waals surface area contributed by atoms with E-state index in [2.05, 4.69) is 5.32 Å². The summed E-state index contributed by atoms with van der Waals surface area (Å²) in [5.74, 6) is -0.0350. The maximum Gasteiger partial charge on any atom is 0.261 e. The molecule has 1 atom stereocenters. The van der Waals surface area contributed by atoms with Gasteiger partial charge in [-0.2, -0.15) is 0 Å². The monoisotopic (exact) mass is 388 g/mol. The lowest BCUT2D eigenvalue weighted by atomic mass is 10.1. The average molecular weight is 388 g/mol. The maximum atomic E-state index is 13.2. The van der Waals surface area contributed by atoms with Gasteiger partial charge < -0.3 is 19.7 Å². The molecular weight excluding hydrogens is 363 g/mol. The molecule has 0 aromatic heterocycles. The van der Waals surface area contributed by atoms with Gasteiger partial charge in [-0.3, -0.25) is 9.59 Å². The number of para-hydroxylation sites is 2. The highest BCUT2D eigenvalue weighted by Gasteiger charge is 2.28. The zero-order valence-electron chi connectivity index (χ0n) is 16.3. The number of methoxy groups -OCH3 is 1. The van der Waals surface area contributed by atoms with Crippen LogP contribution in [0.25, 0.3) is 0 Å². The second kappa shape index (κ2) is 10.3. The lowest BCUT2D eigenvalue weighted by Gasteiger charge is -2.30. The Morgan fingerprint density at radius 3 is 2.32 bits per heavy atom. The Hall–Kier alpha value is -3.09. The molecule has 0 heterocycles. The first-order valence-corrected chi connectivity index (χ1v) is 9.01. The molecule has 0 fully saturated rings. The molecule has 2 aromatic rings. The van der Waals surface area contributed by atoms with Crippen molar-refractivity contribution in [3.05, 3.63) is 59.9 Å². The van der Waals surface area contributed by atoms with E-state index in [0.29, 0.717) is 17.9 Å². The van der Waals surface area contributed by atoms with E-state index < -0.39 is 6.04 Å². The van der Waals surface area contributed by atoms with Crippen molar-refractivity contribution in [2.24, 2.45) is 0 Å². The molecule has 0 radical (unpaired) electrons. The van der Waals surface area contributed by atoms with Crippen molar-refractivity contribution in [1.82, 2.24) is 10.2 Å². The van der Waals surface area contributed by atoms with Gasteiger partial charge in [0, 0.05) is 13.6 Å². The third-order valence-electron chi connectivity index (χ3n) is 4.32. The first-order valence-electron chi connectivity index (χ1n) is 9.01. The molecule has 6 nitrogen and oxygen atoms in total. The number of benzene rings is 2. The zero-order chi connectivity index (χ0) is 20.5. The van der Waals surface area contributed by atoms with E-state index in [1.807, 2.05) is 6.92 Å². The summed E-state index contributed by atoms with van der Waals surface area (Å²) < 4.78 is 24.0. The summed E-state index contributed by atoms with van der Waals surface area (Å²) in [6.45, 7) is 1.74. The Morgan fingerprint density at radius 2 is 1.75 bits per heavy atom. The summed E-state index contributed by atoms with van der Waals surface area (Å²) in [6.07, 6.45) is 0.432. The van der Waals surface area contributed by atoms with Crippen molar-refractivity contribution in [3.63, 3.8) is 0 Å². The van der Waals surface area contributed by atoms with E-state index in [0.717, 1.165) is 5.56 Å². The van der Waals surface area contributed by atoms with Crippen LogP contribution in [0.1, 0.15) is 18.9 Å². The van der Waals surface area contributed by atoms with Crippen LogP contribution in [0.15, 0.2) is 48.5 Å². The van der Waals surface area contributed by atoms with Crippen molar-refractivity contribution in [1.29, 1.82) is 0 Å². The average Bonchev–Trinajstić information content (AvgIpc) is 2.73. The number of hydrogen-bond acceptors (Lipinski definition) is 4. The fraction of sp³-hybridized carbons (Fsp3) is 0.333. The number of nitrogens with one attached hydrogen (secondary N) is 1. The van der Waals surface area contributed by atoms with Crippen molar-refractivity contribution < 1.29 is 23.5 Å². The van der Waals surface area contributed by atoms with Crippen LogP contribution in [-0.2, 0) is 16.1 Å². The smallest absolute Gasteiger partial charge is 0.261 e. The molecule has 0 spiro atoms. The molecule has 0 saturated carbocycles. The van der Waals surface area contributed by atoms with Crippen molar-refractivity contribution in [2.45, 2.75) is 25.9 Å². The molecule has 0 bridgehead atoms. The van der Waals surface area contributed by atoms with Gasteiger partial charge in [0.2, 0.25) is 5.91 Å². The number of nitrogens with zero attached hydrogens (tertiary/aromatic N) is 1. The van der Waals surface area contributed by atoms with Gasteiger partial charge in [-0.25, -0.2) is 4.39 Å². The van der Waals surface area contributed by atoms with Crippen LogP contribution in [-0.4, -0.2) is 43.5 Å². The van der Waals surface area contributed by atoms with E-state index in [9.17, 15) is 14.0 Å². The Kier molecular flexibility index (Phi) is 7.80. The number of amides is 2. The van der Waals surface area contributed by atoms with Crippen LogP contribution >= 0.6 is 0 Å². The summed E-state index contributed by atoms with van der Waals surface area (Å²) in [6, 6.07) is 12.2. The largest absolute Gasteiger partial charge is 0.493 e. The number of likely N-dealkylation sites (N-methyl/N-ethyl adjacent to an activating group) is 1. The number of carbonyl (C=O) groups excluding carboxylic acids is 2. The Labute approximate surface area is 164 Å². The normalized spacial score (nSPS) is 11.4. The zero-order valence-corrected chi connectivity index (χ0v) is 16.3. The molecule has 2 aromatic carbocycles. The lowest BCUT2D eigenvalue weighted by molar-refractivity contribution is -0.142. The van der Waals surface area contributed by atoms with E-state index >= 15 is 0 Å². The molecule has 0 aliphatic rings. The minimum Gasteiger partial charge on any atom is -0.493 e. The van der Waals surface area contributed by atoms with Crippen molar-refractivity contribution in [3.8, 4) is 11.5 Å². The van der Waals surface area contributed by atoms with Gasteiger partial charge in [0.1, 0.15) is 11.9 Å². The SMILES string of the molecule is CC[C@H](C(=O)NC)N(Cc1ccc(F)cc1)C(=O)COc1ccccc1OC. The first-order chi connectivity index (χ1) is 13.5. The van der Waals surface area contributed by atoms with Crippen LogP contribution in [0.2, 0.25) is 0 Å². The molecule has 1 N–H and O–H groups in total. The van der Waals surface area contributed by atoms with E-state index in [1.54, 1.807) is 36.4 Å². The molecular formula is C21H25FN2O4. The van der Waals surface area contributed by atoms with Gasteiger partial charge in [0.25, 0.3) is 5.91 Å². The molecule has 0 aliphatic heterocycles. The lowest BCUT2D eigenvalue weighted by Crippen LogP contribution is -2.49. The molecule has 150 valence electrons. The van der Waals surface area contributed by atoms with Crippen molar-refractivity contribution >= 4 is 11.8 Å². The number of ether oxygens (including phenoxy) is 2. The highest BCUT2D eigenvalue weighted by molar-refractivity contribution is 5.88. The van der Waals surface area contributed by atoms with Gasteiger partial charge in [-0.05, 0) is 36.2 Å².